The highest BCUT2D eigenvalue weighted by molar-refractivity contribution is 5.93. The van der Waals surface area contributed by atoms with Gasteiger partial charge in [0.15, 0.2) is 5.78 Å². The number of amides is 1. The summed E-state index contributed by atoms with van der Waals surface area (Å²) in [7, 11) is 0. The van der Waals surface area contributed by atoms with Crippen molar-refractivity contribution < 1.29 is 14.0 Å². The van der Waals surface area contributed by atoms with Gasteiger partial charge >= 0.3 is 0 Å². The summed E-state index contributed by atoms with van der Waals surface area (Å²) in [6, 6.07) is 6.18. The highest BCUT2D eigenvalue weighted by Crippen LogP contribution is 2.66. The molecule has 3 saturated carbocycles. The molecule has 4 aliphatic rings. The molecule has 3 nitrogen and oxygen atoms in total. The predicted octanol–water partition coefficient (Wildman–Crippen LogP) is 5.91. The van der Waals surface area contributed by atoms with Crippen molar-refractivity contribution in [3.05, 3.63) is 41.7 Å². The summed E-state index contributed by atoms with van der Waals surface area (Å²) in [5.74, 6) is 1.86. The maximum Gasteiger partial charge on any atom is 0.228 e. The van der Waals surface area contributed by atoms with Crippen molar-refractivity contribution in [1.82, 2.24) is 0 Å². The number of fused-ring (bicyclic) bond motifs is 5. The zero-order valence-corrected chi connectivity index (χ0v) is 18.0. The Morgan fingerprint density at radius 3 is 2.70 bits per heavy atom. The SMILES string of the molecule is C[C@]12CC[C@H]3[C@@H](CCC4=CC(=O)CC[C@@]43C)[C@@H]1CC[C@@H]2C(=O)Nc1cccc(F)c1. The van der Waals surface area contributed by atoms with Crippen LogP contribution in [0, 0.1) is 40.3 Å². The molecule has 1 aromatic carbocycles. The lowest BCUT2D eigenvalue weighted by Crippen LogP contribution is -2.51. The normalized spacial score (nSPS) is 40.1. The number of halogens is 1. The Hall–Kier alpha value is -1.97. The van der Waals surface area contributed by atoms with Crippen LogP contribution in [0.2, 0.25) is 0 Å². The van der Waals surface area contributed by atoms with Crippen LogP contribution in [0.5, 0.6) is 0 Å². The first-order valence-corrected chi connectivity index (χ1v) is 11.6. The first kappa shape index (κ1) is 20.0. The monoisotopic (exact) mass is 409 g/mol. The molecular formula is C26H32FNO2. The van der Waals surface area contributed by atoms with Crippen molar-refractivity contribution >= 4 is 17.4 Å². The lowest BCUT2D eigenvalue weighted by atomic mass is 9.47. The summed E-state index contributed by atoms with van der Waals surface area (Å²) in [5.41, 5.74) is 2.12. The topological polar surface area (TPSA) is 46.2 Å². The van der Waals surface area contributed by atoms with E-state index in [-0.39, 0.29) is 28.5 Å². The third-order valence-corrected chi connectivity index (χ3v) is 9.37. The number of allylic oxidation sites excluding steroid dienone is 1. The van der Waals surface area contributed by atoms with Gasteiger partial charge in [0, 0.05) is 18.0 Å². The Labute approximate surface area is 178 Å². The van der Waals surface area contributed by atoms with E-state index in [1.54, 1.807) is 12.1 Å². The van der Waals surface area contributed by atoms with Gasteiger partial charge in [-0.3, -0.25) is 9.59 Å². The van der Waals surface area contributed by atoms with Gasteiger partial charge in [0.2, 0.25) is 5.91 Å². The van der Waals surface area contributed by atoms with Crippen molar-refractivity contribution in [2.24, 2.45) is 34.5 Å². The van der Waals surface area contributed by atoms with Crippen LogP contribution < -0.4 is 5.32 Å². The van der Waals surface area contributed by atoms with E-state index in [0.29, 0.717) is 35.6 Å². The minimum absolute atomic E-state index is 0.00982. The largest absolute Gasteiger partial charge is 0.326 e. The zero-order chi connectivity index (χ0) is 21.1. The number of anilines is 1. The van der Waals surface area contributed by atoms with E-state index in [9.17, 15) is 14.0 Å². The van der Waals surface area contributed by atoms with E-state index >= 15 is 0 Å². The molecule has 5 rings (SSSR count). The lowest BCUT2D eigenvalue weighted by molar-refractivity contribution is -0.127. The van der Waals surface area contributed by atoms with Crippen molar-refractivity contribution in [3.8, 4) is 0 Å². The highest BCUT2D eigenvalue weighted by atomic mass is 19.1. The average molecular weight is 410 g/mol. The molecule has 1 aromatic rings. The average Bonchev–Trinajstić information content (AvgIpc) is 3.06. The molecule has 3 fully saturated rings. The number of nitrogens with one attached hydrogen (secondary N) is 1. The van der Waals surface area contributed by atoms with Gasteiger partial charge in [0.25, 0.3) is 0 Å². The standard InChI is InChI=1S/C26H32FNO2/c1-25-12-10-19(29)14-16(25)6-7-20-21-8-9-23(26(21,2)13-11-22(20)25)24(30)28-18-5-3-4-17(27)15-18/h3-5,14-15,20-23H,6-13H2,1-2H3,(H,28,30)/t20-,21-,22-,23+,25-,26-/m0/s1. The summed E-state index contributed by atoms with van der Waals surface area (Å²) in [6.07, 6.45) is 10.1. The molecule has 0 aromatic heterocycles. The summed E-state index contributed by atoms with van der Waals surface area (Å²) < 4.78 is 13.5. The number of hydrogen-bond donors (Lipinski definition) is 1. The fourth-order valence-electron chi connectivity index (χ4n) is 7.79. The molecule has 160 valence electrons. The molecule has 0 bridgehead atoms. The van der Waals surface area contributed by atoms with E-state index in [0.717, 1.165) is 44.9 Å². The molecule has 0 saturated heterocycles. The zero-order valence-electron chi connectivity index (χ0n) is 18.0. The van der Waals surface area contributed by atoms with Gasteiger partial charge in [-0.15, -0.1) is 0 Å². The second kappa shape index (κ2) is 7.03. The summed E-state index contributed by atoms with van der Waals surface area (Å²) in [6.45, 7) is 4.72. The minimum atomic E-state index is -0.325. The van der Waals surface area contributed by atoms with Crippen LogP contribution in [0.3, 0.4) is 0 Å². The summed E-state index contributed by atoms with van der Waals surface area (Å²) in [4.78, 5) is 25.2. The lowest BCUT2D eigenvalue weighted by Gasteiger charge is -2.58. The molecule has 1 amide bonds. The van der Waals surface area contributed by atoms with Gasteiger partial charge < -0.3 is 5.32 Å². The molecule has 4 aliphatic carbocycles. The van der Waals surface area contributed by atoms with Crippen LogP contribution in [-0.4, -0.2) is 11.7 Å². The van der Waals surface area contributed by atoms with Gasteiger partial charge in [-0.05, 0) is 97.8 Å². The van der Waals surface area contributed by atoms with Gasteiger partial charge in [0.05, 0.1) is 0 Å². The molecule has 1 N–H and O–H groups in total. The van der Waals surface area contributed by atoms with Crippen LogP contribution in [0.15, 0.2) is 35.9 Å². The molecule has 0 heterocycles. The molecule has 0 spiro atoms. The molecular weight excluding hydrogens is 377 g/mol. The Balaban J connectivity index is 1.37. The third kappa shape index (κ3) is 2.98. The molecule has 4 heteroatoms. The first-order valence-electron chi connectivity index (χ1n) is 11.6. The second-order valence-corrected chi connectivity index (χ2v) is 10.6. The quantitative estimate of drug-likeness (QED) is 0.660. The second-order valence-electron chi connectivity index (χ2n) is 10.6. The van der Waals surface area contributed by atoms with Crippen LogP contribution >= 0.6 is 0 Å². The number of carbonyl (C=O) groups excluding carboxylic acids is 2. The van der Waals surface area contributed by atoms with Crippen molar-refractivity contribution in [3.63, 3.8) is 0 Å². The fraction of sp³-hybridized carbons (Fsp3) is 0.615. The Kier molecular flexibility index (Phi) is 4.68. The minimum Gasteiger partial charge on any atom is -0.326 e. The number of hydrogen-bond acceptors (Lipinski definition) is 2. The van der Waals surface area contributed by atoms with Crippen LogP contribution in [-0.2, 0) is 9.59 Å². The van der Waals surface area contributed by atoms with Crippen LogP contribution in [0.25, 0.3) is 0 Å². The van der Waals surface area contributed by atoms with Crippen molar-refractivity contribution in [1.29, 1.82) is 0 Å². The van der Waals surface area contributed by atoms with E-state index < -0.39 is 0 Å². The van der Waals surface area contributed by atoms with Crippen molar-refractivity contribution in [2.75, 3.05) is 5.32 Å². The number of carbonyl (C=O) groups is 2. The van der Waals surface area contributed by atoms with E-state index in [4.69, 9.17) is 0 Å². The molecule has 30 heavy (non-hydrogen) atoms. The van der Waals surface area contributed by atoms with E-state index in [1.165, 1.54) is 17.7 Å². The van der Waals surface area contributed by atoms with Gasteiger partial charge in [-0.1, -0.05) is 25.5 Å². The van der Waals surface area contributed by atoms with Gasteiger partial charge in [-0.25, -0.2) is 4.39 Å². The van der Waals surface area contributed by atoms with E-state index in [1.807, 2.05) is 6.08 Å². The third-order valence-electron chi connectivity index (χ3n) is 9.37. The van der Waals surface area contributed by atoms with Crippen LogP contribution in [0.4, 0.5) is 10.1 Å². The summed E-state index contributed by atoms with van der Waals surface area (Å²) >= 11 is 0. The first-order chi connectivity index (χ1) is 14.3. The van der Waals surface area contributed by atoms with Crippen LogP contribution in [0.1, 0.15) is 65.2 Å². The smallest absolute Gasteiger partial charge is 0.228 e. The van der Waals surface area contributed by atoms with Gasteiger partial charge in [-0.2, -0.15) is 0 Å². The highest BCUT2D eigenvalue weighted by Gasteiger charge is 2.60. The Morgan fingerprint density at radius 1 is 1.07 bits per heavy atom. The number of ketones is 1. The Bertz CT molecular complexity index is 923. The Morgan fingerprint density at radius 2 is 1.90 bits per heavy atom. The molecule has 0 radical (unpaired) electrons. The molecule has 0 unspecified atom stereocenters. The fourth-order valence-corrected chi connectivity index (χ4v) is 7.79. The summed E-state index contributed by atoms with van der Waals surface area (Å²) in [5, 5.41) is 2.99. The maximum atomic E-state index is 13.5. The number of rotatable bonds is 2. The van der Waals surface area contributed by atoms with Gasteiger partial charge in [0.1, 0.15) is 5.82 Å². The van der Waals surface area contributed by atoms with E-state index in [2.05, 4.69) is 19.2 Å². The molecule has 0 aliphatic heterocycles. The maximum absolute atomic E-state index is 13.5. The number of benzene rings is 1. The predicted molar refractivity (Wildman–Crippen MR) is 115 cm³/mol. The van der Waals surface area contributed by atoms with Crippen molar-refractivity contribution in [2.45, 2.75) is 65.2 Å². The molecule has 6 atom stereocenters.